The summed E-state index contributed by atoms with van der Waals surface area (Å²) in [6, 6.07) is 9.52. The topological polar surface area (TPSA) is 43.1 Å². The number of imidazole rings is 1. The molecule has 0 unspecified atom stereocenters. The average molecular weight is 524 g/mol. The molecule has 5 heteroatoms. The smallest absolute Gasteiger partial charge is 0.0817 e. The Hall–Kier alpha value is -1.84. The van der Waals surface area contributed by atoms with Crippen LogP contribution in [0.4, 0.5) is 0 Å². The maximum absolute atomic E-state index is 4.86. The second kappa shape index (κ2) is 6.11. The van der Waals surface area contributed by atoms with E-state index in [4.69, 9.17) is 9.97 Å². The molecule has 4 heterocycles. The molecule has 0 aliphatic carbocycles. The van der Waals surface area contributed by atoms with Gasteiger partial charge in [-0.2, -0.15) is 0 Å². The maximum atomic E-state index is 4.86. The molecule has 4 nitrogen and oxygen atoms in total. The van der Waals surface area contributed by atoms with Crippen LogP contribution < -0.4 is 0 Å². The van der Waals surface area contributed by atoms with Crippen LogP contribution in [0.1, 0.15) is 52.9 Å². The molecule has 0 bridgehead atoms. The fourth-order valence-corrected chi connectivity index (χ4v) is 2.99. The monoisotopic (exact) mass is 524 g/mol. The van der Waals surface area contributed by atoms with E-state index in [2.05, 4.69) is 63.1 Å². The summed E-state index contributed by atoms with van der Waals surface area (Å²) in [5.41, 5.74) is 5.87. The van der Waals surface area contributed by atoms with Crippen molar-refractivity contribution in [3.63, 3.8) is 0 Å². The third kappa shape index (κ3) is 3.04. The molecular weight excluding hydrogens is 500 g/mol. The summed E-state index contributed by atoms with van der Waals surface area (Å²) in [6.45, 7) is 13.0. The molecule has 0 atom stereocenters. The van der Waals surface area contributed by atoms with Gasteiger partial charge in [0.05, 0.1) is 22.9 Å². The Morgan fingerprint density at radius 3 is 2.27 bits per heavy atom. The molecule has 0 amide bonds. The first-order chi connectivity index (χ1) is 11.6. The van der Waals surface area contributed by atoms with Gasteiger partial charge in [-0.05, 0) is 28.9 Å². The Labute approximate surface area is 167 Å². The number of nitrogens with zero attached hydrogens (tertiary/aromatic N) is 4. The fraction of sp³-hybridized carbons (Fsp3) is 0.381. The summed E-state index contributed by atoms with van der Waals surface area (Å²) in [7, 11) is 0. The summed E-state index contributed by atoms with van der Waals surface area (Å²) < 4.78 is 2.08. The van der Waals surface area contributed by atoms with Gasteiger partial charge in [-0.15, -0.1) is 12.1 Å². The maximum Gasteiger partial charge on any atom is 0.0817 e. The third-order valence-electron chi connectivity index (χ3n) is 4.57. The summed E-state index contributed by atoms with van der Waals surface area (Å²) in [4.78, 5) is 14.3. The molecule has 0 aliphatic rings. The first-order valence-electron chi connectivity index (χ1n) is 8.65. The van der Waals surface area contributed by atoms with Crippen molar-refractivity contribution >= 4 is 27.6 Å². The van der Waals surface area contributed by atoms with Crippen molar-refractivity contribution in [1.29, 1.82) is 0 Å². The second-order valence-electron chi connectivity index (χ2n) is 8.73. The Kier molecular flexibility index (Phi) is 4.45. The van der Waals surface area contributed by atoms with Gasteiger partial charge in [0.15, 0.2) is 0 Å². The van der Waals surface area contributed by atoms with Gasteiger partial charge < -0.3 is 9.38 Å². The van der Waals surface area contributed by atoms with Crippen molar-refractivity contribution in [2.75, 3.05) is 0 Å². The normalized spacial score (nSPS) is 12.7. The van der Waals surface area contributed by atoms with E-state index in [1.165, 1.54) is 0 Å². The van der Waals surface area contributed by atoms with Gasteiger partial charge in [0, 0.05) is 31.2 Å². The molecule has 0 aromatic carbocycles. The van der Waals surface area contributed by atoms with Crippen LogP contribution in [0, 0.1) is 6.07 Å². The largest absolute Gasteiger partial charge is 0.348 e. The predicted molar refractivity (Wildman–Crippen MR) is 102 cm³/mol. The Morgan fingerprint density at radius 2 is 1.62 bits per heavy atom. The number of fused-ring (bicyclic) bond motifs is 5. The molecule has 1 radical (unpaired) electrons. The molecule has 0 fully saturated rings. The van der Waals surface area contributed by atoms with Crippen molar-refractivity contribution in [2.24, 2.45) is 0 Å². The van der Waals surface area contributed by atoms with E-state index >= 15 is 0 Å². The molecule has 0 saturated heterocycles. The Balaban J connectivity index is 0.00000196. The Morgan fingerprint density at radius 1 is 0.923 bits per heavy atom. The number of hydrogen-bond acceptors (Lipinski definition) is 3. The van der Waals surface area contributed by atoms with Crippen LogP contribution in [0.25, 0.3) is 27.6 Å². The SMILES string of the molecule is CC(C)(C)c1cc2nc3c4[c-]cc(C(C)(C)C)nc4ccn3c2cn1.[Ir]. The van der Waals surface area contributed by atoms with E-state index < -0.39 is 0 Å². The van der Waals surface area contributed by atoms with E-state index in [1.807, 2.05) is 24.5 Å². The summed E-state index contributed by atoms with van der Waals surface area (Å²) in [5, 5.41) is 0.948. The molecular formula is C21H23IrN4-. The molecule has 4 aromatic rings. The minimum absolute atomic E-state index is 0. The van der Waals surface area contributed by atoms with E-state index in [0.29, 0.717) is 0 Å². The van der Waals surface area contributed by atoms with Crippen LogP contribution in [0.3, 0.4) is 0 Å². The van der Waals surface area contributed by atoms with Crippen LogP contribution in [0.2, 0.25) is 0 Å². The molecule has 4 rings (SSSR count). The molecule has 0 aliphatic heterocycles. The van der Waals surface area contributed by atoms with Gasteiger partial charge in [-0.25, -0.2) is 0 Å². The van der Waals surface area contributed by atoms with E-state index in [0.717, 1.165) is 39.0 Å². The number of rotatable bonds is 0. The van der Waals surface area contributed by atoms with Crippen LogP contribution in [-0.4, -0.2) is 19.4 Å². The van der Waals surface area contributed by atoms with Crippen molar-refractivity contribution < 1.29 is 20.1 Å². The molecule has 0 N–H and O–H groups in total. The number of hydrogen-bond donors (Lipinski definition) is 0. The first-order valence-corrected chi connectivity index (χ1v) is 8.65. The van der Waals surface area contributed by atoms with Crippen LogP contribution in [0.5, 0.6) is 0 Å². The minimum atomic E-state index is 0. The molecule has 4 aromatic heterocycles. The van der Waals surface area contributed by atoms with E-state index in [9.17, 15) is 0 Å². The van der Waals surface area contributed by atoms with E-state index in [-0.39, 0.29) is 30.9 Å². The third-order valence-corrected chi connectivity index (χ3v) is 4.57. The van der Waals surface area contributed by atoms with Gasteiger partial charge in [-0.1, -0.05) is 53.0 Å². The van der Waals surface area contributed by atoms with Crippen molar-refractivity contribution in [2.45, 2.75) is 52.4 Å². The summed E-state index contributed by atoms with van der Waals surface area (Å²) in [6.07, 6.45) is 3.94. The van der Waals surface area contributed by atoms with Crippen LogP contribution in [-0.2, 0) is 30.9 Å². The molecule has 26 heavy (non-hydrogen) atoms. The number of aromatic nitrogens is 4. The first kappa shape index (κ1) is 18.9. The quantitative estimate of drug-likeness (QED) is 0.311. The summed E-state index contributed by atoms with van der Waals surface area (Å²) in [5.74, 6) is 0. The molecule has 0 spiro atoms. The van der Waals surface area contributed by atoms with Crippen LogP contribution >= 0.6 is 0 Å². The van der Waals surface area contributed by atoms with Crippen molar-refractivity contribution in [3.05, 3.63) is 48.0 Å². The fourth-order valence-electron chi connectivity index (χ4n) is 2.99. The van der Waals surface area contributed by atoms with Gasteiger partial charge in [0.2, 0.25) is 0 Å². The Bertz CT molecular complexity index is 1110. The predicted octanol–water partition coefficient (Wildman–Crippen LogP) is 4.82. The van der Waals surface area contributed by atoms with Crippen molar-refractivity contribution in [3.8, 4) is 0 Å². The van der Waals surface area contributed by atoms with E-state index in [1.54, 1.807) is 0 Å². The minimum Gasteiger partial charge on any atom is -0.348 e. The zero-order valence-corrected chi connectivity index (χ0v) is 18.4. The van der Waals surface area contributed by atoms with Gasteiger partial charge in [0.25, 0.3) is 0 Å². The van der Waals surface area contributed by atoms with Gasteiger partial charge >= 0.3 is 0 Å². The van der Waals surface area contributed by atoms with Gasteiger partial charge in [-0.3, -0.25) is 9.97 Å². The number of pyridine rings is 3. The van der Waals surface area contributed by atoms with Gasteiger partial charge in [0.1, 0.15) is 0 Å². The van der Waals surface area contributed by atoms with Crippen molar-refractivity contribution in [1.82, 2.24) is 19.4 Å². The zero-order valence-electron chi connectivity index (χ0n) is 16.0. The molecule has 0 saturated carbocycles. The second-order valence-corrected chi connectivity index (χ2v) is 8.73. The standard InChI is InChI=1S/C21H23N4.Ir/c1-20(2,3)17-8-7-13-14(23-17)9-10-25-16-12-22-18(21(4,5)6)11-15(16)24-19(13)25;/h8-12H,1-6H3;/q-1;. The van der Waals surface area contributed by atoms with Crippen LogP contribution in [0.15, 0.2) is 30.6 Å². The summed E-state index contributed by atoms with van der Waals surface area (Å²) >= 11 is 0. The average Bonchev–Trinajstić information content (AvgIpc) is 2.90. The molecule has 137 valence electrons. The zero-order chi connectivity index (χ0) is 18.0.